The maximum atomic E-state index is 5.34. The van der Waals surface area contributed by atoms with E-state index < -0.39 is 0 Å². The number of fused-ring (bicyclic) bond motifs is 1. The first-order chi connectivity index (χ1) is 11.2. The smallest absolute Gasteiger partial charge is 0.199 e. The average Bonchev–Trinajstić information content (AvgIpc) is 2.92. The fourth-order valence-electron chi connectivity index (χ4n) is 2.78. The summed E-state index contributed by atoms with van der Waals surface area (Å²) < 4.78 is 2.30. The Hall–Kier alpha value is -2.79. The number of nitrogens with one attached hydrogen (secondary N) is 1. The molecule has 4 nitrogen and oxygen atoms in total. The third-order valence-corrected chi connectivity index (χ3v) is 3.98. The largest absolute Gasteiger partial charge is 0.330 e. The molecule has 0 radical (unpaired) electrons. The second-order valence-electron chi connectivity index (χ2n) is 5.31. The summed E-state index contributed by atoms with van der Waals surface area (Å²) in [5.74, 6) is 0. The molecule has 0 bridgehead atoms. The fourth-order valence-corrected chi connectivity index (χ4v) is 2.96. The molecular formula is C18H14N4S. The van der Waals surface area contributed by atoms with Gasteiger partial charge in [0.1, 0.15) is 0 Å². The lowest BCUT2D eigenvalue weighted by atomic mass is 10.1. The van der Waals surface area contributed by atoms with Crippen LogP contribution in [0.3, 0.4) is 0 Å². The minimum absolute atomic E-state index is 0.452. The van der Waals surface area contributed by atoms with Gasteiger partial charge in [-0.15, -0.1) is 0 Å². The first-order valence-corrected chi connectivity index (χ1v) is 7.75. The Kier molecular flexibility index (Phi) is 3.28. The summed E-state index contributed by atoms with van der Waals surface area (Å²) in [7, 11) is 0. The number of rotatable bonds is 2. The van der Waals surface area contributed by atoms with Crippen LogP contribution in [0.5, 0.6) is 0 Å². The molecule has 4 rings (SSSR count). The lowest BCUT2D eigenvalue weighted by Crippen LogP contribution is -1.98. The summed E-state index contributed by atoms with van der Waals surface area (Å²) in [5, 5.41) is 5.67. The van der Waals surface area contributed by atoms with Gasteiger partial charge in [-0.2, -0.15) is 10.1 Å². The normalized spacial score (nSPS) is 11.0. The van der Waals surface area contributed by atoms with E-state index in [1.165, 1.54) is 0 Å². The van der Waals surface area contributed by atoms with Gasteiger partial charge in [-0.25, -0.2) is 4.68 Å². The van der Waals surface area contributed by atoms with Crippen LogP contribution in [0, 0.1) is 11.7 Å². The maximum absolute atomic E-state index is 5.34. The van der Waals surface area contributed by atoms with E-state index in [-0.39, 0.29) is 0 Å². The predicted molar refractivity (Wildman–Crippen MR) is 94.2 cm³/mol. The molecule has 0 atom stereocenters. The number of para-hydroxylation sites is 1. The van der Waals surface area contributed by atoms with Crippen molar-refractivity contribution in [2.24, 2.45) is 0 Å². The fraction of sp³-hybridized carbons (Fsp3) is 0.0556. The molecule has 4 aromatic rings. The van der Waals surface area contributed by atoms with E-state index in [0.717, 1.165) is 33.7 Å². The van der Waals surface area contributed by atoms with Gasteiger partial charge in [-0.1, -0.05) is 48.5 Å². The SMILES string of the molecule is Cc1nn(-c2ccccc2)c2nc(=S)[nH]c(-c3ccccc3)c12. The molecule has 0 saturated heterocycles. The third kappa shape index (κ3) is 2.35. The lowest BCUT2D eigenvalue weighted by molar-refractivity contribution is 0.875. The van der Waals surface area contributed by atoms with E-state index in [0.29, 0.717) is 4.77 Å². The topological polar surface area (TPSA) is 46.5 Å². The summed E-state index contributed by atoms with van der Waals surface area (Å²) in [6.07, 6.45) is 0. The molecule has 2 aromatic heterocycles. The second kappa shape index (κ2) is 5.44. The highest BCUT2D eigenvalue weighted by molar-refractivity contribution is 7.71. The Morgan fingerprint density at radius 1 is 0.957 bits per heavy atom. The van der Waals surface area contributed by atoms with Crippen LogP contribution in [0.2, 0.25) is 0 Å². The summed E-state index contributed by atoms with van der Waals surface area (Å²) in [6.45, 7) is 1.99. The molecule has 0 aliphatic rings. The minimum atomic E-state index is 0.452. The molecule has 112 valence electrons. The number of hydrogen-bond donors (Lipinski definition) is 1. The van der Waals surface area contributed by atoms with E-state index in [4.69, 9.17) is 12.2 Å². The second-order valence-corrected chi connectivity index (χ2v) is 5.70. The zero-order valence-electron chi connectivity index (χ0n) is 12.5. The van der Waals surface area contributed by atoms with E-state index in [1.807, 2.05) is 60.1 Å². The average molecular weight is 318 g/mol. The van der Waals surface area contributed by atoms with E-state index in [9.17, 15) is 0 Å². The first kappa shape index (κ1) is 13.8. The molecule has 2 heterocycles. The Labute approximate surface area is 138 Å². The van der Waals surface area contributed by atoms with Crippen LogP contribution in [-0.2, 0) is 0 Å². The van der Waals surface area contributed by atoms with Crippen LogP contribution < -0.4 is 0 Å². The van der Waals surface area contributed by atoms with Crippen molar-refractivity contribution in [2.75, 3.05) is 0 Å². The molecule has 0 aliphatic heterocycles. The number of aromatic nitrogens is 4. The molecule has 5 heteroatoms. The van der Waals surface area contributed by atoms with Gasteiger partial charge < -0.3 is 4.98 Å². The highest BCUT2D eigenvalue weighted by Gasteiger charge is 2.15. The van der Waals surface area contributed by atoms with Crippen molar-refractivity contribution in [3.63, 3.8) is 0 Å². The van der Waals surface area contributed by atoms with Gasteiger partial charge >= 0.3 is 0 Å². The summed E-state index contributed by atoms with van der Waals surface area (Å²) in [5.41, 5.74) is 4.69. The molecule has 0 unspecified atom stereocenters. The lowest BCUT2D eigenvalue weighted by Gasteiger charge is -2.05. The van der Waals surface area contributed by atoms with Crippen molar-refractivity contribution < 1.29 is 0 Å². The van der Waals surface area contributed by atoms with Crippen molar-refractivity contribution in [1.82, 2.24) is 19.7 Å². The Balaban J connectivity index is 2.08. The quantitative estimate of drug-likeness (QED) is 0.555. The summed E-state index contributed by atoms with van der Waals surface area (Å²) in [4.78, 5) is 7.74. The van der Waals surface area contributed by atoms with E-state index >= 15 is 0 Å². The van der Waals surface area contributed by atoms with Crippen molar-refractivity contribution in [2.45, 2.75) is 6.92 Å². The summed E-state index contributed by atoms with van der Waals surface area (Å²) in [6, 6.07) is 20.1. The van der Waals surface area contributed by atoms with Crippen molar-refractivity contribution >= 4 is 23.3 Å². The number of aryl methyl sites for hydroxylation is 1. The minimum Gasteiger partial charge on any atom is -0.330 e. The van der Waals surface area contributed by atoms with Gasteiger partial charge in [-0.05, 0) is 36.8 Å². The van der Waals surface area contributed by atoms with Gasteiger partial charge in [-0.3, -0.25) is 0 Å². The van der Waals surface area contributed by atoms with Crippen LogP contribution in [-0.4, -0.2) is 19.7 Å². The molecule has 0 amide bonds. The zero-order chi connectivity index (χ0) is 15.8. The molecule has 0 saturated carbocycles. The number of aromatic amines is 1. The van der Waals surface area contributed by atoms with Gasteiger partial charge in [0.2, 0.25) is 0 Å². The number of benzene rings is 2. The number of hydrogen-bond acceptors (Lipinski definition) is 3. The number of H-pyrrole nitrogens is 1. The molecule has 23 heavy (non-hydrogen) atoms. The van der Waals surface area contributed by atoms with Crippen molar-refractivity contribution in [3.8, 4) is 16.9 Å². The molecule has 0 aliphatic carbocycles. The van der Waals surface area contributed by atoms with Crippen LogP contribution >= 0.6 is 12.2 Å². The van der Waals surface area contributed by atoms with Gasteiger partial charge in [0.15, 0.2) is 10.4 Å². The van der Waals surface area contributed by atoms with Crippen molar-refractivity contribution in [1.29, 1.82) is 0 Å². The molecule has 0 fully saturated rings. The Morgan fingerprint density at radius 3 is 2.30 bits per heavy atom. The van der Waals surface area contributed by atoms with Gasteiger partial charge in [0.05, 0.1) is 22.5 Å². The number of nitrogens with zero attached hydrogens (tertiary/aromatic N) is 3. The van der Waals surface area contributed by atoms with Gasteiger partial charge in [0.25, 0.3) is 0 Å². The maximum Gasteiger partial charge on any atom is 0.199 e. The molecule has 1 N–H and O–H groups in total. The molecule has 2 aromatic carbocycles. The van der Waals surface area contributed by atoms with Crippen LogP contribution in [0.4, 0.5) is 0 Å². The van der Waals surface area contributed by atoms with Gasteiger partial charge in [0, 0.05) is 0 Å². The predicted octanol–water partition coefficient (Wildman–Crippen LogP) is 4.45. The highest BCUT2D eigenvalue weighted by Crippen LogP contribution is 2.29. The van der Waals surface area contributed by atoms with Crippen molar-refractivity contribution in [3.05, 3.63) is 71.1 Å². The standard InChI is InChI=1S/C18H14N4S/c1-12-15-16(13-8-4-2-5-9-13)19-18(23)20-17(15)22(21-12)14-10-6-3-7-11-14/h2-11H,1H3,(H,19,20,23). The third-order valence-electron chi connectivity index (χ3n) is 3.79. The van der Waals surface area contributed by atoms with E-state index in [1.54, 1.807) is 0 Å². The first-order valence-electron chi connectivity index (χ1n) is 7.34. The zero-order valence-corrected chi connectivity index (χ0v) is 13.3. The summed E-state index contributed by atoms with van der Waals surface area (Å²) >= 11 is 5.34. The van der Waals surface area contributed by atoms with E-state index in [2.05, 4.69) is 27.2 Å². The molecular weight excluding hydrogens is 304 g/mol. The molecule has 0 spiro atoms. The highest BCUT2D eigenvalue weighted by atomic mass is 32.1. The van der Waals surface area contributed by atoms with Crippen LogP contribution in [0.25, 0.3) is 28.0 Å². The Morgan fingerprint density at radius 2 is 1.61 bits per heavy atom. The monoisotopic (exact) mass is 318 g/mol. The van der Waals surface area contributed by atoms with Crippen LogP contribution in [0.15, 0.2) is 60.7 Å². The Bertz CT molecular complexity index is 1030. The van der Waals surface area contributed by atoms with Crippen LogP contribution in [0.1, 0.15) is 5.69 Å².